The van der Waals surface area contributed by atoms with E-state index in [0.29, 0.717) is 10.6 Å². The molecule has 9 heteroatoms. The fourth-order valence-electron chi connectivity index (χ4n) is 3.15. The highest BCUT2D eigenvalue weighted by Crippen LogP contribution is 2.39. The van der Waals surface area contributed by atoms with Gasteiger partial charge in [0.1, 0.15) is 5.00 Å². The van der Waals surface area contributed by atoms with Crippen molar-refractivity contribution in [2.24, 2.45) is 0 Å². The Kier molecular flexibility index (Phi) is 6.13. The molecule has 0 aliphatic heterocycles. The molecule has 1 N–H and O–H groups in total. The maximum Gasteiger partial charge on any atom is 0.387 e. The fraction of sp³-hybridized carbons (Fsp3) is 0.368. The van der Waals surface area contributed by atoms with E-state index in [4.69, 9.17) is 9.47 Å². The lowest BCUT2D eigenvalue weighted by Gasteiger charge is -2.12. The van der Waals surface area contributed by atoms with Gasteiger partial charge in [-0.2, -0.15) is 8.78 Å². The van der Waals surface area contributed by atoms with E-state index < -0.39 is 18.5 Å². The minimum Gasteiger partial charge on any atom is -0.493 e. The van der Waals surface area contributed by atoms with Crippen molar-refractivity contribution >= 4 is 28.2 Å². The number of nitrogens with one attached hydrogen (secondary N) is 1. The first-order chi connectivity index (χ1) is 13.4. The number of aryl methyl sites for hydroxylation is 1. The third-order valence-electron chi connectivity index (χ3n) is 4.43. The van der Waals surface area contributed by atoms with Crippen molar-refractivity contribution < 1.29 is 32.6 Å². The minimum absolute atomic E-state index is 0.00613. The van der Waals surface area contributed by atoms with Crippen LogP contribution in [0.4, 0.5) is 13.8 Å². The Morgan fingerprint density at radius 2 is 1.89 bits per heavy atom. The Morgan fingerprint density at radius 1 is 1.14 bits per heavy atom. The molecule has 0 saturated carbocycles. The highest BCUT2D eigenvalue weighted by molar-refractivity contribution is 7.17. The molecular formula is C19H19F2NO5S. The molecule has 1 amide bonds. The molecule has 28 heavy (non-hydrogen) atoms. The van der Waals surface area contributed by atoms with E-state index in [0.717, 1.165) is 36.1 Å². The molecule has 0 spiro atoms. The molecule has 0 fully saturated rings. The maximum absolute atomic E-state index is 12.7. The zero-order chi connectivity index (χ0) is 20.3. The van der Waals surface area contributed by atoms with Gasteiger partial charge in [0.15, 0.2) is 11.5 Å². The smallest absolute Gasteiger partial charge is 0.387 e. The van der Waals surface area contributed by atoms with Gasteiger partial charge in [-0.25, -0.2) is 4.79 Å². The summed E-state index contributed by atoms with van der Waals surface area (Å²) in [6.07, 6.45) is 3.63. The van der Waals surface area contributed by atoms with Crippen LogP contribution < -0.4 is 14.8 Å². The maximum atomic E-state index is 12.7. The topological polar surface area (TPSA) is 73.9 Å². The number of esters is 1. The van der Waals surface area contributed by atoms with E-state index in [2.05, 4.69) is 10.1 Å². The second kappa shape index (κ2) is 8.55. The van der Waals surface area contributed by atoms with Gasteiger partial charge in [0, 0.05) is 10.4 Å². The number of amides is 1. The van der Waals surface area contributed by atoms with Crippen molar-refractivity contribution in [3.05, 3.63) is 39.8 Å². The average Bonchev–Trinajstić information content (AvgIpc) is 3.04. The molecule has 0 bridgehead atoms. The summed E-state index contributed by atoms with van der Waals surface area (Å²) in [5.74, 6) is -1.15. The third kappa shape index (κ3) is 4.09. The number of alkyl halides is 2. The van der Waals surface area contributed by atoms with Crippen LogP contribution in [0.25, 0.3) is 0 Å². The number of anilines is 1. The molecule has 1 aromatic heterocycles. The molecule has 1 aliphatic carbocycles. The molecule has 6 nitrogen and oxygen atoms in total. The van der Waals surface area contributed by atoms with Crippen molar-refractivity contribution in [1.82, 2.24) is 0 Å². The molecule has 2 aromatic rings. The quantitative estimate of drug-likeness (QED) is 0.719. The monoisotopic (exact) mass is 411 g/mol. The van der Waals surface area contributed by atoms with Crippen LogP contribution in [-0.4, -0.2) is 32.7 Å². The zero-order valence-corrected chi connectivity index (χ0v) is 16.2. The van der Waals surface area contributed by atoms with Crippen molar-refractivity contribution in [2.75, 3.05) is 19.5 Å². The third-order valence-corrected chi connectivity index (χ3v) is 5.64. The Bertz CT molecular complexity index is 897. The summed E-state index contributed by atoms with van der Waals surface area (Å²) in [7, 11) is 2.59. The SMILES string of the molecule is COC(=O)c1c(NC(=O)c2ccc(OC(F)F)c(OC)c2)sc2c1CCCC2. The van der Waals surface area contributed by atoms with Gasteiger partial charge >= 0.3 is 12.6 Å². The second-order valence-corrected chi connectivity index (χ2v) is 7.21. The van der Waals surface area contributed by atoms with Gasteiger partial charge in [-0.3, -0.25) is 4.79 Å². The van der Waals surface area contributed by atoms with Crippen LogP contribution in [-0.2, 0) is 17.6 Å². The number of rotatable bonds is 6. The van der Waals surface area contributed by atoms with Gasteiger partial charge < -0.3 is 19.5 Å². The summed E-state index contributed by atoms with van der Waals surface area (Å²) in [4.78, 5) is 26.0. The lowest BCUT2D eigenvalue weighted by molar-refractivity contribution is -0.0512. The lowest BCUT2D eigenvalue weighted by atomic mass is 9.95. The van der Waals surface area contributed by atoms with Crippen LogP contribution in [0.15, 0.2) is 18.2 Å². The van der Waals surface area contributed by atoms with Crippen LogP contribution in [0.2, 0.25) is 0 Å². The fourth-order valence-corrected chi connectivity index (χ4v) is 4.42. The molecule has 0 radical (unpaired) electrons. The molecule has 1 heterocycles. The number of benzene rings is 1. The summed E-state index contributed by atoms with van der Waals surface area (Å²) in [6, 6.07) is 3.89. The number of halogens is 2. The predicted octanol–water partition coefficient (Wildman–Crippen LogP) is 4.28. The number of carbonyl (C=O) groups excluding carboxylic acids is 2. The number of hydrogen-bond acceptors (Lipinski definition) is 6. The summed E-state index contributed by atoms with van der Waals surface area (Å²) in [5.41, 5.74) is 1.50. The standard InChI is InChI=1S/C19H19F2NO5S/c1-25-13-9-10(7-8-12(13)27-19(20)21)16(23)22-17-15(18(24)26-2)11-5-3-4-6-14(11)28-17/h7-9,19H,3-6H2,1-2H3,(H,22,23). The Morgan fingerprint density at radius 3 is 2.57 bits per heavy atom. The molecular weight excluding hydrogens is 392 g/mol. The molecule has 1 aromatic carbocycles. The lowest BCUT2D eigenvalue weighted by Crippen LogP contribution is -2.15. The van der Waals surface area contributed by atoms with Gasteiger partial charge in [0.25, 0.3) is 5.91 Å². The van der Waals surface area contributed by atoms with Crippen molar-refractivity contribution in [3.63, 3.8) is 0 Å². The van der Waals surface area contributed by atoms with Crippen LogP contribution >= 0.6 is 11.3 Å². The minimum atomic E-state index is -3.01. The highest BCUT2D eigenvalue weighted by Gasteiger charge is 2.27. The number of methoxy groups -OCH3 is 2. The first-order valence-electron chi connectivity index (χ1n) is 8.61. The van der Waals surface area contributed by atoms with Crippen LogP contribution in [0.1, 0.15) is 44.0 Å². The van der Waals surface area contributed by atoms with Crippen LogP contribution in [0.5, 0.6) is 11.5 Å². The largest absolute Gasteiger partial charge is 0.493 e. The van der Waals surface area contributed by atoms with Gasteiger partial charge in [0.2, 0.25) is 0 Å². The van der Waals surface area contributed by atoms with Crippen molar-refractivity contribution in [1.29, 1.82) is 0 Å². The van der Waals surface area contributed by atoms with E-state index in [-0.39, 0.29) is 17.1 Å². The number of thiophene rings is 1. The first kappa shape index (κ1) is 20.1. The molecule has 0 saturated heterocycles. The number of fused-ring (bicyclic) bond motifs is 1. The summed E-state index contributed by atoms with van der Waals surface area (Å²) < 4.78 is 39.2. The van der Waals surface area contributed by atoms with Crippen LogP contribution in [0.3, 0.4) is 0 Å². The molecule has 0 unspecified atom stereocenters. The van der Waals surface area contributed by atoms with E-state index in [1.165, 1.54) is 43.8 Å². The molecule has 3 rings (SSSR count). The van der Waals surface area contributed by atoms with Gasteiger partial charge in [0.05, 0.1) is 19.8 Å². The molecule has 150 valence electrons. The van der Waals surface area contributed by atoms with E-state index in [1.807, 2.05) is 0 Å². The van der Waals surface area contributed by atoms with Gasteiger partial charge in [-0.1, -0.05) is 0 Å². The van der Waals surface area contributed by atoms with Gasteiger partial charge in [-0.05, 0) is 49.4 Å². The molecule has 1 aliphatic rings. The molecule has 0 atom stereocenters. The number of ether oxygens (including phenoxy) is 3. The Balaban J connectivity index is 1.89. The summed E-state index contributed by atoms with van der Waals surface area (Å²) in [6.45, 7) is -3.01. The zero-order valence-electron chi connectivity index (χ0n) is 15.3. The van der Waals surface area contributed by atoms with Crippen molar-refractivity contribution in [3.8, 4) is 11.5 Å². The van der Waals surface area contributed by atoms with Crippen molar-refractivity contribution in [2.45, 2.75) is 32.3 Å². The number of hydrogen-bond donors (Lipinski definition) is 1. The van der Waals surface area contributed by atoms with Crippen LogP contribution in [0, 0.1) is 0 Å². The predicted molar refractivity (Wildman–Crippen MR) is 99.9 cm³/mol. The summed E-state index contributed by atoms with van der Waals surface area (Å²) in [5, 5.41) is 3.17. The highest BCUT2D eigenvalue weighted by atomic mass is 32.1. The van der Waals surface area contributed by atoms with E-state index >= 15 is 0 Å². The second-order valence-electron chi connectivity index (χ2n) is 6.10. The normalized spacial score (nSPS) is 13.0. The van der Waals surface area contributed by atoms with E-state index in [9.17, 15) is 18.4 Å². The number of carbonyl (C=O) groups is 2. The van der Waals surface area contributed by atoms with Gasteiger partial charge in [-0.15, -0.1) is 11.3 Å². The van der Waals surface area contributed by atoms with E-state index in [1.54, 1.807) is 0 Å². The average molecular weight is 411 g/mol. The Hall–Kier alpha value is -2.68. The Labute approximate surface area is 164 Å². The summed E-state index contributed by atoms with van der Waals surface area (Å²) >= 11 is 1.36. The first-order valence-corrected chi connectivity index (χ1v) is 9.43.